The van der Waals surface area contributed by atoms with Crippen LogP contribution in [0.2, 0.25) is 0 Å². The summed E-state index contributed by atoms with van der Waals surface area (Å²) in [5.74, 6) is 0.984. The monoisotopic (exact) mass is 279 g/mol. The zero-order valence-electron chi connectivity index (χ0n) is 12.8. The molecule has 0 radical (unpaired) electrons. The highest BCUT2D eigenvalue weighted by Gasteiger charge is 2.17. The molecule has 0 saturated carbocycles. The van der Waals surface area contributed by atoms with Gasteiger partial charge < -0.3 is 15.4 Å². The van der Waals surface area contributed by atoms with Crippen LogP contribution in [0.25, 0.3) is 0 Å². The van der Waals surface area contributed by atoms with Gasteiger partial charge in [0.25, 0.3) is 5.91 Å². The Morgan fingerprint density at radius 3 is 2.60 bits per heavy atom. The van der Waals surface area contributed by atoms with E-state index in [0.29, 0.717) is 24.7 Å². The van der Waals surface area contributed by atoms with E-state index in [1.807, 2.05) is 19.9 Å². The Morgan fingerprint density at radius 2 is 2.10 bits per heavy atom. The molecule has 0 saturated heterocycles. The van der Waals surface area contributed by atoms with Crippen LogP contribution in [0.1, 0.15) is 38.1 Å². The van der Waals surface area contributed by atoms with Crippen molar-refractivity contribution < 1.29 is 9.53 Å². The fraction of sp³-hybridized carbons (Fsp3) is 0.600. The van der Waals surface area contributed by atoms with E-state index in [0.717, 1.165) is 12.4 Å². The minimum atomic E-state index is -0.112. The van der Waals surface area contributed by atoms with E-state index in [1.165, 1.54) is 0 Å². The summed E-state index contributed by atoms with van der Waals surface area (Å²) in [6.45, 7) is 10.1. The second kappa shape index (κ2) is 8.53. The van der Waals surface area contributed by atoms with Crippen LogP contribution in [0.15, 0.2) is 18.3 Å². The largest absolute Gasteiger partial charge is 0.380 e. The number of hydrogen-bond acceptors (Lipinski definition) is 4. The lowest BCUT2D eigenvalue weighted by molar-refractivity contribution is 0.0806. The molecular formula is C15H25N3O2. The SMILES string of the molecule is CCNc1ccc(C(=O)NC(COCC)C(C)C)cn1. The van der Waals surface area contributed by atoms with Crippen molar-refractivity contribution >= 4 is 11.7 Å². The predicted molar refractivity (Wildman–Crippen MR) is 81.0 cm³/mol. The molecule has 5 nitrogen and oxygen atoms in total. The third kappa shape index (κ3) is 5.17. The van der Waals surface area contributed by atoms with Gasteiger partial charge in [-0.15, -0.1) is 0 Å². The predicted octanol–water partition coefficient (Wildman–Crippen LogP) is 2.30. The minimum absolute atomic E-state index is 0.0101. The first-order chi connectivity index (χ1) is 9.58. The zero-order chi connectivity index (χ0) is 15.0. The van der Waals surface area contributed by atoms with Gasteiger partial charge in [-0.3, -0.25) is 4.79 Å². The fourth-order valence-electron chi connectivity index (χ4n) is 1.71. The molecule has 0 aliphatic carbocycles. The summed E-state index contributed by atoms with van der Waals surface area (Å²) in [7, 11) is 0. The van der Waals surface area contributed by atoms with Crippen LogP contribution in [-0.2, 0) is 4.74 Å². The second-order valence-electron chi connectivity index (χ2n) is 4.95. The lowest BCUT2D eigenvalue weighted by Crippen LogP contribution is -2.41. The molecular weight excluding hydrogens is 254 g/mol. The fourth-order valence-corrected chi connectivity index (χ4v) is 1.71. The molecule has 1 aromatic rings. The van der Waals surface area contributed by atoms with Crippen LogP contribution in [-0.4, -0.2) is 36.7 Å². The highest BCUT2D eigenvalue weighted by atomic mass is 16.5. The average molecular weight is 279 g/mol. The van der Waals surface area contributed by atoms with Crippen LogP contribution in [0.3, 0.4) is 0 Å². The molecule has 0 aliphatic heterocycles. The lowest BCUT2D eigenvalue weighted by atomic mass is 10.0. The Labute approximate surface area is 121 Å². The molecule has 20 heavy (non-hydrogen) atoms. The number of pyridine rings is 1. The zero-order valence-corrected chi connectivity index (χ0v) is 12.8. The second-order valence-corrected chi connectivity index (χ2v) is 4.95. The first kappa shape index (κ1) is 16.4. The van der Waals surface area contributed by atoms with Crippen LogP contribution in [0.5, 0.6) is 0 Å². The standard InChI is InChI=1S/C15H25N3O2/c1-5-16-14-8-7-12(9-17-14)15(19)18-13(11(3)4)10-20-6-2/h7-9,11,13H,5-6,10H2,1-4H3,(H,16,17)(H,18,19). The minimum Gasteiger partial charge on any atom is -0.380 e. The Balaban J connectivity index is 2.63. The van der Waals surface area contributed by atoms with E-state index >= 15 is 0 Å². The number of aromatic nitrogens is 1. The number of carbonyl (C=O) groups is 1. The molecule has 1 aromatic heterocycles. The van der Waals surface area contributed by atoms with Crippen LogP contribution >= 0.6 is 0 Å². The quantitative estimate of drug-likeness (QED) is 0.766. The Bertz CT molecular complexity index is 404. The number of nitrogens with one attached hydrogen (secondary N) is 2. The molecule has 1 amide bonds. The smallest absolute Gasteiger partial charge is 0.253 e. The number of rotatable bonds is 8. The van der Waals surface area contributed by atoms with Gasteiger partial charge >= 0.3 is 0 Å². The maximum Gasteiger partial charge on any atom is 0.253 e. The summed E-state index contributed by atoms with van der Waals surface area (Å²) in [6.07, 6.45) is 1.59. The number of amides is 1. The van der Waals surface area contributed by atoms with Crippen molar-refractivity contribution in [2.75, 3.05) is 25.1 Å². The molecule has 0 spiro atoms. The van der Waals surface area contributed by atoms with E-state index in [9.17, 15) is 4.79 Å². The van der Waals surface area contributed by atoms with Crippen molar-refractivity contribution in [1.82, 2.24) is 10.3 Å². The van der Waals surface area contributed by atoms with E-state index in [2.05, 4.69) is 29.5 Å². The van der Waals surface area contributed by atoms with Gasteiger partial charge in [0.1, 0.15) is 5.82 Å². The number of hydrogen-bond donors (Lipinski definition) is 2. The highest BCUT2D eigenvalue weighted by Crippen LogP contribution is 2.07. The van der Waals surface area contributed by atoms with Gasteiger partial charge in [-0.25, -0.2) is 4.98 Å². The topological polar surface area (TPSA) is 63.2 Å². The van der Waals surface area contributed by atoms with Crippen LogP contribution < -0.4 is 10.6 Å². The van der Waals surface area contributed by atoms with Crippen molar-refractivity contribution in [3.8, 4) is 0 Å². The van der Waals surface area contributed by atoms with Gasteiger partial charge in [-0.05, 0) is 31.9 Å². The normalized spacial score (nSPS) is 12.2. The molecule has 2 N–H and O–H groups in total. The Kier molecular flexibility index (Phi) is 7.01. The van der Waals surface area contributed by atoms with E-state index in [4.69, 9.17) is 4.74 Å². The molecule has 112 valence electrons. The molecule has 1 rings (SSSR count). The van der Waals surface area contributed by atoms with Crippen molar-refractivity contribution in [3.05, 3.63) is 23.9 Å². The first-order valence-corrected chi connectivity index (χ1v) is 7.17. The molecule has 0 bridgehead atoms. The van der Waals surface area contributed by atoms with Gasteiger partial charge in [0, 0.05) is 19.3 Å². The Morgan fingerprint density at radius 1 is 1.35 bits per heavy atom. The molecule has 0 aromatic carbocycles. The molecule has 1 atom stereocenters. The van der Waals surface area contributed by atoms with Gasteiger partial charge in [0.2, 0.25) is 0 Å². The van der Waals surface area contributed by atoms with Gasteiger partial charge in [0.15, 0.2) is 0 Å². The summed E-state index contributed by atoms with van der Waals surface area (Å²) < 4.78 is 5.40. The molecule has 0 fully saturated rings. The average Bonchev–Trinajstić information content (AvgIpc) is 2.44. The highest BCUT2D eigenvalue weighted by molar-refractivity contribution is 5.94. The third-order valence-electron chi connectivity index (χ3n) is 3.01. The molecule has 5 heteroatoms. The summed E-state index contributed by atoms with van der Waals surface area (Å²) in [5, 5.41) is 6.09. The molecule has 1 heterocycles. The summed E-state index contributed by atoms with van der Waals surface area (Å²) in [6, 6.07) is 3.60. The van der Waals surface area contributed by atoms with Gasteiger partial charge in [-0.1, -0.05) is 13.8 Å². The number of anilines is 1. The lowest BCUT2D eigenvalue weighted by Gasteiger charge is -2.22. The van der Waals surface area contributed by atoms with Crippen molar-refractivity contribution in [2.45, 2.75) is 33.7 Å². The maximum atomic E-state index is 12.2. The first-order valence-electron chi connectivity index (χ1n) is 7.17. The van der Waals surface area contributed by atoms with E-state index < -0.39 is 0 Å². The number of carbonyl (C=O) groups excluding carboxylic acids is 1. The summed E-state index contributed by atoms with van der Waals surface area (Å²) >= 11 is 0. The third-order valence-corrected chi connectivity index (χ3v) is 3.01. The van der Waals surface area contributed by atoms with E-state index in [1.54, 1.807) is 12.3 Å². The van der Waals surface area contributed by atoms with Crippen molar-refractivity contribution in [2.24, 2.45) is 5.92 Å². The van der Waals surface area contributed by atoms with E-state index in [-0.39, 0.29) is 11.9 Å². The number of nitrogens with zero attached hydrogens (tertiary/aromatic N) is 1. The van der Waals surface area contributed by atoms with Crippen LogP contribution in [0.4, 0.5) is 5.82 Å². The molecule has 1 unspecified atom stereocenters. The molecule has 0 aliphatic rings. The maximum absolute atomic E-state index is 12.2. The van der Waals surface area contributed by atoms with Crippen molar-refractivity contribution in [1.29, 1.82) is 0 Å². The van der Waals surface area contributed by atoms with Crippen LogP contribution in [0, 0.1) is 5.92 Å². The van der Waals surface area contributed by atoms with Gasteiger partial charge in [-0.2, -0.15) is 0 Å². The Hall–Kier alpha value is -1.62. The van der Waals surface area contributed by atoms with Crippen molar-refractivity contribution in [3.63, 3.8) is 0 Å². The summed E-state index contributed by atoms with van der Waals surface area (Å²) in [4.78, 5) is 16.4. The summed E-state index contributed by atoms with van der Waals surface area (Å²) in [5.41, 5.74) is 0.564. The van der Waals surface area contributed by atoms with Gasteiger partial charge in [0.05, 0.1) is 18.2 Å². The number of ether oxygens (including phenoxy) is 1.